The number of nitrogens with zero attached hydrogens (tertiary/aromatic N) is 3. The third kappa shape index (κ3) is 3.05. The lowest BCUT2D eigenvalue weighted by Crippen LogP contribution is -2.46. The zero-order valence-corrected chi connectivity index (χ0v) is 15.7. The second kappa shape index (κ2) is 6.35. The number of hydrogen-bond acceptors (Lipinski definition) is 5. The summed E-state index contributed by atoms with van der Waals surface area (Å²) in [6.07, 6.45) is 3.56. The zero-order valence-electron chi connectivity index (χ0n) is 14.2. The number of halogens is 1. The molecule has 1 fully saturated rings. The van der Waals surface area contributed by atoms with Crippen LogP contribution in [0.4, 0.5) is 5.95 Å². The van der Waals surface area contributed by atoms with Crippen molar-refractivity contribution in [3.63, 3.8) is 0 Å². The van der Waals surface area contributed by atoms with Crippen molar-refractivity contribution < 1.29 is 14.3 Å². The van der Waals surface area contributed by atoms with Crippen LogP contribution in [0.5, 0.6) is 5.88 Å². The van der Waals surface area contributed by atoms with Crippen molar-refractivity contribution in [3.8, 4) is 5.88 Å². The fourth-order valence-electron chi connectivity index (χ4n) is 3.39. The maximum absolute atomic E-state index is 12.8. The first-order valence-corrected chi connectivity index (χ1v) is 9.06. The summed E-state index contributed by atoms with van der Waals surface area (Å²) in [6.45, 7) is 0.526. The van der Waals surface area contributed by atoms with E-state index in [-0.39, 0.29) is 29.7 Å². The Hall–Kier alpha value is -2.48. The number of fused-ring (bicyclic) bond motifs is 2. The molecule has 1 N–H and O–H groups in total. The van der Waals surface area contributed by atoms with E-state index in [9.17, 15) is 9.59 Å². The Balaban J connectivity index is 1.51. The number of anilines is 1. The van der Waals surface area contributed by atoms with Gasteiger partial charge in [0.1, 0.15) is 6.54 Å². The largest absolute Gasteiger partial charge is 0.481 e. The van der Waals surface area contributed by atoms with E-state index in [0.717, 1.165) is 22.9 Å². The lowest BCUT2D eigenvalue weighted by Gasteiger charge is -2.34. The highest BCUT2D eigenvalue weighted by Crippen LogP contribution is 2.52. The van der Waals surface area contributed by atoms with Crippen LogP contribution < -0.4 is 10.1 Å². The van der Waals surface area contributed by atoms with E-state index in [4.69, 9.17) is 4.74 Å². The molecule has 1 saturated carbocycles. The molecule has 0 bridgehead atoms. The summed E-state index contributed by atoms with van der Waals surface area (Å²) in [5, 5.41) is 2.62. The number of nitrogens with one attached hydrogen (secondary N) is 1. The van der Waals surface area contributed by atoms with E-state index < -0.39 is 0 Å². The van der Waals surface area contributed by atoms with Crippen LogP contribution in [0.25, 0.3) is 0 Å². The molecule has 1 aromatic heterocycles. The SMILES string of the molecule is COc1ccnc(NC(=O)CN2CC3(CC3)c3cc(Br)ccc3C2=O)n1. The maximum Gasteiger partial charge on any atom is 0.254 e. The van der Waals surface area contributed by atoms with E-state index in [1.165, 1.54) is 13.3 Å². The molecule has 0 saturated heterocycles. The summed E-state index contributed by atoms with van der Waals surface area (Å²) in [6, 6.07) is 7.31. The number of carbonyl (C=O) groups is 2. The fourth-order valence-corrected chi connectivity index (χ4v) is 3.76. The van der Waals surface area contributed by atoms with Crippen LogP contribution in [0.15, 0.2) is 34.9 Å². The Morgan fingerprint density at radius 2 is 2.19 bits per heavy atom. The van der Waals surface area contributed by atoms with Gasteiger partial charge in [0.25, 0.3) is 5.91 Å². The van der Waals surface area contributed by atoms with Gasteiger partial charge in [0, 0.05) is 34.3 Å². The predicted octanol–water partition coefficient (Wildman–Crippen LogP) is 2.37. The van der Waals surface area contributed by atoms with E-state index in [1.54, 1.807) is 11.0 Å². The topological polar surface area (TPSA) is 84.4 Å². The van der Waals surface area contributed by atoms with Gasteiger partial charge in [-0.2, -0.15) is 4.98 Å². The third-order valence-corrected chi connectivity index (χ3v) is 5.34. The second-order valence-electron chi connectivity index (χ2n) is 6.60. The highest BCUT2D eigenvalue weighted by Gasteiger charge is 2.51. The van der Waals surface area contributed by atoms with Crippen LogP contribution in [-0.2, 0) is 10.2 Å². The Labute approximate surface area is 158 Å². The molecule has 0 radical (unpaired) electrons. The molecule has 1 aliphatic carbocycles. The number of benzene rings is 1. The van der Waals surface area contributed by atoms with Gasteiger partial charge in [0.2, 0.25) is 17.7 Å². The van der Waals surface area contributed by atoms with Crippen LogP contribution in [0.1, 0.15) is 28.8 Å². The van der Waals surface area contributed by atoms with Gasteiger partial charge >= 0.3 is 0 Å². The minimum absolute atomic E-state index is 0.0141. The minimum atomic E-state index is -0.331. The molecule has 4 rings (SSSR count). The summed E-state index contributed by atoms with van der Waals surface area (Å²) < 4.78 is 5.99. The molecule has 8 heteroatoms. The van der Waals surface area contributed by atoms with Crippen LogP contribution in [0.3, 0.4) is 0 Å². The minimum Gasteiger partial charge on any atom is -0.481 e. The van der Waals surface area contributed by atoms with Gasteiger partial charge in [0.15, 0.2) is 0 Å². The first-order valence-electron chi connectivity index (χ1n) is 8.27. The summed E-state index contributed by atoms with van der Waals surface area (Å²) >= 11 is 3.48. The lowest BCUT2D eigenvalue weighted by atomic mass is 9.86. The van der Waals surface area contributed by atoms with E-state index >= 15 is 0 Å². The molecule has 26 heavy (non-hydrogen) atoms. The van der Waals surface area contributed by atoms with Gasteiger partial charge in [-0.25, -0.2) is 4.98 Å². The van der Waals surface area contributed by atoms with Crippen molar-refractivity contribution in [2.75, 3.05) is 25.5 Å². The number of hydrogen-bond donors (Lipinski definition) is 1. The fraction of sp³-hybridized carbons (Fsp3) is 0.333. The van der Waals surface area contributed by atoms with Crippen molar-refractivity contribution in [1.29, 1.82) is 0 Å². The molecule has 0 unspecified atom stereocenters. The zero-order chi connectivity index (χ0) is 18.3. The van der Waals surface area contributed by atoms with Crippen LogP contribution in [-0.4, -0.2) is 46.9 Å². The number of carbonyl (C=O) groups excluding carboxylic acids is 2. The first kappa shape index (κ1) is 17.0. The molecule has 1 spiro atoms. The lowest BCUT2D eigenvalue weighted by molar-refractivity contribution is -0.117. The summed E-state index contributed by atoms with van der Waals surface area (Å²) in [4.78, 5) is 34.9. The Morgan fingerprint density at radius 3 is 2.92 bits per heavy atom. The van der Waals surface area contributed by atoms with Gasteiger partial charge in [0.05, 0.1) is 7.11 Å². The van der Waals surface area contributed by atoms with E-state index in [1.807, 2.05) is 18.2 Å². The average molecular weight is 417 g/mol. The van der Waals surface area contributed by atoms with Gasteiger partial charge in [-0.3, -0.25) is 14.9 Å². The van der Waals surface area contributed by atoms with E-state index in [2.05, 4.69) is 31.2 Å². The first-order chi connectivity index (χ1) is 12.5. The molecule has 2 amide bonds. The average Bonchev–Trinajstić information content (AvgIpc) is 3.40. The smallest absolute Gasteiger partial charge is 0.254 e. The van der Waals surface area contributed by atoms with Crippen LogP contribution >= 0.6 is 15.9 Å². The third-order valence-electron chi connectivity index (χ3n) is 4.84. The van der Waals surface area contributed by atoms with Gasteiger partial charge in [-0.05, 0) is 36.6 Å². The number of methoxy groups -OCH3 is 1. The van der Waals surface area contributed by atoms with Crippen molar-refractivity contribution >= 4 is 33.7 Å². The number of amides is 2. The molecule has 1 aromatic carbocycles. The Morgan fingerprint density at radius 1 is 1.38 bits per heavy atom. The standard InChI is InChI=1S/C18H17BrN4O3/c1-26-15-4-7-20-17(22-15)21-14(24)9-23-10-18(5-6-18)13-8-11(19)2-3-12(13)16(23)25/h2-4,7-8H,5-6,9-10H2,1H3,(H,20,21,22,24). The molecule has 2 heterocycles. The molecule has 7 nitrogen and oxygen atoms in total. The van der Waals surface area contributed by atoms with Crippen molar-refractivity contribution in [2.45, 2.75) is 18.3 Å². The van der Waals surface area contributed by atoms with Crippen molar-refractivity contribution in [3.05, 3.63) is 46.1 Å². The Kier molecular flexibility index (Phi) is 4.14. The monoisotopic (exact) mass is 416 g/mol. The highest BCUT2D eigenvalue weighted by molar-refractivity contribution is 9.10. The van der Waals surface area contributed by atoms with Gasteiger partial charge in [-0.1, -0.05) is 15.9 Å². The van der Waals surface area contributed by atoms with Crippen molar-refractivity contribution in [1.82, 2.24) is 14.9 Å². The molecule has 0 atom stereocenters. The second-order valence-corrected chi connectivity index (χ2v) is 7.52. The van der Waals surface area contributed by atoms with Crippen LogP contribution in [0.2, 0.25) is 0 Å². The van der Waals surface area contributed by atoms with E-state index in [0.29, 0.717) is 18.0 Å². The summed E-state index contributed by atoms with van der Waals surface area (Å²) in [5.74, 6) is 0.0692. The quantitative estimate of drug-likeness (QED) is 0.826. The Bertz CT molecular complexity index is 898. The molecule has 1 aliphatic heterocycles. The van der Waals surface area contributed by atoms with Gasteiger partial charge < -0.3 is 9.64 Å². The van der Waals surface area contributed by atoms with Crippen LogP contribution in [0, 0.1) is 0 Å². The maximum atomic E-state index is 12.8. The number of ether oxygens (including phenoxy) is 1. The molecular weight excluding hydrogens is 400 g/mol. The number of rotatable bonds is 4. The number of aromatic nitrogens is 2. The molecule has 2 aliphatic rings. The van der Waals surface area contributed by atoms with Gasteiger partial charge in [-0.15, -0.1) is 0 Å². The summed E-state index contributed by atoms with van der Waals surface area (Å²) in [5.41, 5.74) is 1.76. The molecule has 2 aromatic rings. The normalized spacial score (nSPS) is 17.0. The molecule has 134 valence electrons. The van der Waals surface area contributed by atoms with Crippen molar-refractivity contribution in [2.24, 2.45) is 0 Å². The highest BCUT2D eigenvalue weighted by atomic mass is 79.9. The molecular formula is C18H17BrN4O3. The summed E-state index contributed by atoms with van der Waals surface area (Å²) in [7, 11) is 1.49. The predicted molar refractivity (Wildman–Crippen MR) is 98.2 cm³/mol.